The van der Waals surface area contributed by atoms with Crippen molar-refractivity contribution in [3.05, 3.63) is 59.8 Å². The number of phenolic OH excluding ortho intramolecular Hbond substituents is 1. The molecule has 2 aromatic carbocycles. The Bertz CT molecular complexity index is 979. The predicted molar refractivity (Wildman–Crippen MR) is 96.7 cm³/mol. The van der Waals surface area contributed by atoms with Crippen LogP contribution in [-0.4, -0.2) is 22.5 Å². The molecule has 28 heavy (non-hydrogen) atoms. The van der Waals surface area contributed by atoms with Gasteiger partial charge in [-0.2, -0.15) is 13.2 Å². The van der Waals surface area contributed by atoms with Crippen molar-refractivity contribution in [1.29, 1.82) is 0 Å². The monoisotopic (exact) mass is 390 g/mol. The van der Waals surface area contributed by atoms with E-state index in [-0.39, 0.29) is 23.1 Å². The van der Waals surface area contributed by atoms with Crippen LogP contribution in [0, 0.1) is 0 Å². The van der Waals surface area contributed by atoms with E-state index in [1.807, 2.05) is 6.92 Å². The second-order valence-electron chi connectivity index (χ2n) is 6.08. The highest BCUT2D eigenvalue weighted by Gasteiger charge is 2.30. The molecule has 8 heteroatoms. The molecule has 0 unspecified atom stereocenters. The molecule has 0 aliphatic heterocycles. The maximum atomic E-state index is 12.8. The summed E-state index contributed by atoms with van der Waals surface area (Å²) in [5.74, 6) is -0.361. The highest BCUT2D eigenvalue weighted by atomic mass is 19.4. The molecule has 0 saturated carbocycles. The molecular weight excluding hydrogens is 373 g/mol. The number of carbonyl (C=O) groups is 1. The number of benzene rings is 2. The SMILES string of the molecule is CCCNC(=O)c1nc(-c2ccc(C(F)(F)F)cc2)oc1-c1cccc(O)c1. The van der Waals surface area contributed by atoms with E-state index >= 15 is 0 Å². The van der Waals surface area contributed by atoms with Crippen LogP contribution in [0.1, 0.15) is 29.4 Å². The normalized spacial score (nSPS) is 11.4. The van der Waals surface area contributed by atoms with Crippen molar-refractivity contribution in [2.75, 3.05) is 6.54 Å². The molecule has 1 aromatic heterocycles. The third-order valence-electron chi connectivity index (χ3n) is 3.95. The molecule has 0 fully saturated rings. The number of hydrogen-bond donors (Lipinski definition) is 2. The van der Waals surface area contributed by atoms with Crippen LogP contribution in [0.15, 0.2) is 52.9 Å². The number of aromatic hydroxyl groups is 1. The van der Waals surface area contributed by atoms with Gasteiger partial charge in [-0.25, -0.2) is 4.98 Å². The number of halogens is 3. The summed E-state index contributed by atoms with van der Waals surface area (Å²) in [6.45, 7) is 2.33. The first kappa shape index (κ1) is 19.5. The first-order chi connectivity index (χ1) is 13.3. The standard InChI is InChI=1S/C20H17F3N2O3/c1-2-10-24-18(27)16-17(13-4-3-5-15(26)11-13)28-19(25-16)12-6-8-14(9-7-12)20(21,22)23/h3-9,11,26H,2,10H2,1H3,(H,24,27). The molecule has 0 aliphatic rings. The molecule has 1 heterocycles. The van der Waals surface area contributed by atoms with Crippen molar-refractivity contribution < 1.29 is 27.5 Å². The fourth-order valence-corrected chi connectivity index (χ4v) is 2.56. The minimum atomic E-state index is -4.45. The third-order valence-corrected chi connectivity index (χ3v) is 3.95. The number of oxazole rings is 1. The summed E-state index contributed by atoms with van der Waals surface area (Å²) >= 11 is 0. The minimum Gasteiger partial charge on any atom is -0.508 e. The van der Waals surface area contributed by atoms with E-state index in [4.69, 9.17) is 4.42 Å². The average molecular weight is 390 g/mol. The van der Waals surface area contributed by atoms with Gasteiger partial charge >= 0.3 is 6.18 Å². The molecule has 0 radical (unpaired) electrons. The molecule has 5 nitrogen and oxygen atoms in total. The summed E-state index contributed by atoms with van der Waals surface area (Å²) in [7, 11) is 0. The van der Waals surface area contributed by atoms with E-state index < -0.39 is 17.6 Å². The number of nitrogens with zero attached hydrogens (tertiary/aromatic N) is 1. The number of amides is 1. The van der Waals surface area contributed by atoms with Crippen LogP contribution < -0.4 is 5.32 Å². The van der Waals surface area contributed by atoms with Crippen molar-refractivity contribution in [2.45, 2.75) is 19.5 Å². The van der Waals surface area contributed by atoms with Crippen LogP contribution >= 0.6 is 0 Å². The number of phenols is 1. The molecule has 0 saturated heterocycles. The van der Waals surface area contributed by atoms with E-state index in [1.54, 1.807) is 12.1 Å². The maximum Gasteiger partial charge on any atom is 0.416 e. The van der Waals surface area contributed by atoms with E-state index in [2.05, 4.69) is 10.3 Å². The van der Waals surface area contributed by atoms with E-state index in [9.17, 15) is 23.1 Å². The van der Waals surface area contributed by atoms with Crippen LogP contribution in [-0.2, 0) is 6.18 Å². The topological polar surface area (TPSA) is 75.4 Å². The smallest absolute Gasteiger partial charge is 0.416 e. The Morgan fingerprint density at radius 3 is 2.46 bits per heavy atom. The average Bonchev–Trinajstić information content (AvgIpc) is 3.11. The van der Waals surface area contributed by atoms with Crippen LogP contribution in [0.2, 0.25) is 0 Å². The van der Waals surface area contributed by atoms with E-state index in [0.717, 1.165) is 18.6 Å². The van der Waals surface area contributed by atoms with Crippen LogP contribution in [0.3, 0.4) is 0 Å². The molecule has 0 bridgehead atoms. The number of carbonyl (C=O) groups excluding carboxylic acids is 1. The van der Waals surface area contributed by atoms with Crippen LogP contribution in [0.5, 0.6) is 5.75 Å². The Morgan fingerprint density at radius 2 is 1.86 bits per heavy atom. The number of nitrogens with one attached hydrogen (secondary N) is 1. The zero-order chi connectivity index (χ0) is 20.3. The Morgan fingerprint density at radius 1 is 1.14 bits per heavy atom. The quantitative estimate of drug-likeness (QED) is 0.652. The number of hydrogen-bond acceptors (Lipinski definition) is 4. The first-order valence-electron chi connectivity index (χ1n) is 8.55. The zero-order valence-corrected chi connectivity index (χ0v) is 14.9. The summed E-state index contributed by atoms with van der Waals surface area (Å²) in [5.41, 5.74) is -0.0814. The van der Waals surface area contributed by atoms with Gasteiger partial charge in [0.05, 0.1) is 5.56 Å². The second kappa shape index (κ2) is 7.75. The fourth-order valence-electron chi connectivity index (χ4n) is 2.56. The Hall–Kier alpha value is -3.29. The van der Waals surface area contributed by atoms with E-state index in [1.165, 1.54) is 24.3 Å². The van der Waals surface area contributed by atoms with Crippen molar-refractivity contribution >= 4 is 5.91 Å². The van der Waals surface area contributed by atoms with Gasteiger partial charge in [-0.05, 0) is 42.8 Å². The highest BCUT2D eigenvalue weighted by molar-refractivity contribution is 5.98. The van der Waals surface area contributed by atoms with Gasteiger partial charge in [-0.15, -0.1) is 0 Å². The zero-order valence-electron chi connectivity index (χ0n) is 14.9. The molecule has 0 aliphatic carbocycles. The van der Waals surface area contributed by atoms with Gasteiger partial charge in [-0.1, -0.05) is 19.1 Å². The molecule has 1 amide bonds. The molecule has 2 N–H and O–H groups in total. The lowest BCUT2D eigenvalue weighted by Gasteiger charge is -2.06. The Balaban J connectivity index is 2.04. The molecule has 0 atom stereocenters. The van der Waals surface area contributed by atoms with Gasteiger partial charge < -0.3 is 14.8 Å². The lowest BCUT2D eigenvalue weighted by molar-refractivity contribution is -0.137. The minimum absolute atomic E-state index is 0.00560. The largest absolute Gasteiger partial charge is 0.508 e. The third kappa shape index (κ3) is 4.16. The Labute approximate surface area is 158 Å². The van der Waals surface area contributed by atoms with Crippen LogP contribution in [0.25, 0.3) is 22.8 Å². The molecule has 0 spiro atoms. The van der Waals surface area contributed by atoms with Gasteiger partial charge in [0.2, 0.25) is 5.89 Å². The van der Waals surface area contributed by atoms with Crippen LogP contribution in [0.4, 0.5) is 13.2 Å². The number of aromatic nitrogens is 1. The van der Waals surface area contributed by atoms with Crippen molar-refractivity contribution in [3.63, 3.8) is 0 Å². The number of rotatable bonds is 5. The Kier molecular flexibility index (Phi) is 5.39. The second-order valence-corrected chi connectivity index (χ2v) is 6.08. The van der Waals surface area contributed by atoms with Crippen molar-refractivity contribution in [1.82, 2.24) is 10.3 Å². The van der Waals surface area contributed by atoms with Gasteiger partial charge in [0.1, 0.15) is 5.75 Å². The summed E-state index contributed by atoms with van der Waals surface area (Å²) in [4.78, 5) is 16.7. The van der Waals surface area contributed by atoms with Gasteiger partial charge in [0.25, 0.3) is 5.91 Å². The molecule has 146 valence electrons. The fraction of sp³-hybridized carbons (Fsp3) is 0.200. The van der Waals surface area contributed by atoms with Gasteiger partial charge in [0, 0.05) is 17.7 Å². The molecule has 3 rings (SSSR count). The summed E-state index contributed by atoms with van der Waals surface area (Å²) < 4.78 is 44.0. The lowest BCUT2D eigenvalue weighted by atomic mass is 10.1. The molecule has 3 aromatic rings. The lowest BCUT2D eigenvalue weighted by Crippen LogP contribution is -2.24. The van der Waals surface area contributed by atoms with Gasteiger partial charge in [-0.3, -0.25) is 4.79 Å². The summed E-state index contributed by atoms with van der Waals surface area (Å²) in [5, 5.41) is 12.4. The van der Waals surface area contributed by atoms with Gasteiger partial charge in [0.15, 0.2) is 11.5 Å². The van der Waals surface area contributed by atoms with Crippen molar-refractivity contribution in [2.24, 2.45) is 0 Å². The number of alkyl halides is 3. The summed E-state index contributed by atoms with van der Waals surface area (Å²) in [6, 6.07) is 10.4. The first-order valence-corrected chi connectivity index (χ1v) is 8.55. The highest BCUT2D eigenvalue weighted by Crippen LogP contribution is 2.34. The van der Waals surface area contributed by atoms with Crippen molar-refractivity contribution in [3.8, 4) is 28.5 Å². The maximum absolute atomic E-state index is 12.8. The molecular formula is C20H17F3N2O3. The predicted octanol–water partition coefficient (Wildman–Crippen LogP) is 4.87. The van der Waals surface area contributed by atoms with E-state index in [0.29, 0.717) is 17.7 Å². The summed E-state index contributed by atoms with van der Waals surface area (Å²) in [6.07, 6.45) is -3.73.